The molecule has 0 fully saturated rings. The largest absolute Gasteiger partial charge is 0.465 e. The predicted octanol–water partition coefficient (Wildman–Crippen LogP) is 1.76. The van der Waals surface area contributed by atoms with Gasteiger partial charge in [0.2, 0.25) is 0 Å². The van der Waals surface area contributed by atoms with Crippen molar-refractivity contribution in [3.05, 3.63) is 0 Å². The summed E-state index contributed by atoms with van der Waals surface area (Å²) in [6.45, 7) is 4.27. The van der Waals surface area contributed by atoms with E-state index in [4.69, 9.17) is 4.74 Å². The number of alkyl halides is 1. The third-order valence-corrected chi connectivity index (χ3v) is 2.29. The molecule has 0 aromatic heterocycles. The van der Waals surface area contributed by atoms with Crippen molar-refractivity contribution in [1.29, 1.82) is 0 Å². The number of esters is 1. The molecule has 0 saturated heterocycles. The van der Waals surface area contributed by atoms with Crippen LogP contribution in [0.4, 0.5) is 0 Å². The molecule has 0 heterocycles. The molecular weight excluding hydrogens is 231 g/mol. The molecule has 1 atom stereocenters. The van der Waals surface area contributed by atoms with Crippen molar-refractivity contribution in [3.63, 3.8) is 0 Å². The van der Waals surface area contributed by atoms with Crippen LogP contribution in [0.2, 0.25) is 0 Å². The van der Waals surface area contributed by atoms with E-state index in [1.165, 1.54) is 0 Å². The summed E-state index contributed by atoms with van der Waals surface area (Å²) in [5.74, 6) is -0.0967. The van der Waals surface area contributed by atoms with Gasteiger partial charge in [0, 0.05) is 0 Å². The van der Waals surface area contributed by atoms with Crippen molar-refractivity contribution in [2.45, 2.75) is 24.2 Å². The van der Waals surface area contributed by atoms with Gasteiger partial charge in [-0.15, -0.1) is 0 Å². The van der Waals surface area contributed by atoms with Crippen molar-refractivity contribution >= 4 is 28.6 Å². The minimum atomic E-state index is -0.0967. The van der Waals surface area contributed by atoms with E-state index in [1.807, 2.05) is 13.8 Å². The Morgan fingerprint density at radius 2 is 2.22 bits per heavy atom. The maximum Gasteiger partial charge on any atom is 0.318 e. The van der Waals surface area contributed by atoms with Crippen LogP contribution >= 0.6 is 22.6 Å². The molecule has 0 aliphatic heterocycles. The molecule has 3 heteroatoms. The normalized spacial score (nSPS) is 12.8. The predicted molar refractivity (Wildman–Crippen MR) is 44.7 cm³/mol. The van der Waals surface area contributed by atoms with Gasteiger partial charge in [-0.3, -0.25) is 4.79 Å². The van der Waals surface area contributed by atoms with Crippen LogP contribution < -0.4 is 0 Å². The highest BCUT2D eigenvalue weighted by molar-refractivity contribution is 14.1. The number of hydrogen-bond acceptors (Lipinski definition) is 2. The molecule has 54 valence electrons. The highest BCUT2D eigenvalue weighted by Gasteiger charge is 2.11. The van der Waals surface area contributed by atoms with Crippen LogP contribution in [0.15, 0.2) is 0 Å². The van der Waals surface area contributed by atoms with E-state index in [0.717, 1.165) is 6.42 Å². The zero-order valence-corrected chi connectivity index (χ0v) is 7.84. The Balaban J connectivity index is 3.46. The third-order valence-electron chi connectivity index (χ3n) is 0.901. The van der Waals surface area contributed by atoms with Gasteiger partial charge in [-0.25, -0.2) is 0 Å². The first-order chi connectivity index (χ1) is 4.22. The minimum absolute atomic E-state index is 0.0301. The van der Waals surface area contributed by atoms with E-state index in [9.17, 15) is 4.79 Å². The average molecular weight is 242 g/mol. The summed E-state index contributed by atoms with van der Waals surface area (Å²) in [7, 11) is 0. The Morgan fingerprint density at radius 3 is 2.56 bits per heavy atom. The Morgan fingerprint density at radius 1 is 1.67 bits per heavy atom. The lowest BCUT2D eigenvalue weighted by molar-refractivity contribution is -0.142. The first-order valence-electron chi connectivity index (χ1n) is 3.03. The summed E-state index contributed by atoms with van der Waals surface area (Å²) in [4.78, 5) is 10.7. The molecular formula is C6H11IO2. The minimum Gasteiger partial charge on any atom is -0.465 e. The second-order valence-electron chi connectivity index (χ2n) is 1.63. The fourth-order valence-electron chi connectivity index (χ4n) is 0.399. The lowest BCUT2D eigenvalue weighted by Gasteiger charge is -2.04. The first kappa shape index (κ1) is 9.20. The lowest BCUT2D eigenvalue weighted by Crippen LogP contribution is -2.15. The summed E-state index contributed by atoms with van der Waals surface area (Å²) in [5, 5.41) is 0. The summed E-state index contributed by atoms with van der Waals surface area (Å²) in [6, 6.07) is 0. The number of halogens is 1. The number of carbonyl (C=O) groups is 1. The maximum absolute atomic E-state index is 10.7. The van der Waals surface area contributed by atoms with E-state index in [2.05, 4.69) is 22.6 Å². The van der Waals surface area contributed by atoms with Gasteiger partial charge >= 0.3 is 5.97 Å². The quantitative estimate of drug-likeness (QED) is 0.428. The lowest BCUT2D eigenvalue weighted by atomic mass is 10.3. The van der Waals surface area contributed by atoms with Gasteiger partial charge in [-0.05, 0) is 13.3 Å². The number of ether oxygens (including phenoxy) is 1. The second-order valence-corrected chi connectivity index (χ2v) is 3.13. The van der Waals surface area contributed by atoms with Gasteiger partial charge in [-0.2, -0.15) is 0 Å². The van der Waals surface area contributed by atoms with Gasteiger partial charge in [-0.1, -0.05) is 29.5 Å². The Hall–Kier alpha value is 0.200. The van der Waals surface area contributed by atoms with Gasteiger partial charge in [0.25, 0.3) is 0 Å². The zero-order valence-electron chi connectivity index (χ0n) is 5.69. The Labute approximate surface area is 69.1 Å². The fourth-order valence-corrected chi connectivity index (χ4v) is 0.579. The van der Waals surface area contributed by atoms with Crippen LogP contribution in [0.3, 0.4) is 0 Å². The van der Waals surface area contributed by atoms with Gasteiger partial charge in [0.15, 0.2) is 0 Å². The van der Waals surface area contributed by atoms with Gasteiger partial charge < -0.3 is 4.74 Å². The molecule has 0 saturated carbocycles. The van der Waals surface area contributed by atoms with Crippen LogP contribution in [-0.2, 0) is 9.53 Å². The molecule has 0 spiro atoms. The molecule has 0 aliphatic carbocycles. The number of hydrogen-bond donors (Lipinski definition) is 0. The Kier molecular flexibility index (Phi) is 5.13. The van der Waals surface area contributed by atoms with Crippen LogP contribution in [-0.4, -0.2) is 16.5 Å². The summed E-state index contributed by atoms with van der Waals surface area (Å²) in [5.41, 5.74) is 0. The summed E-state index contributed by atoms with van der Waals surface area (Å²) in [6.07, 6.45) is 0.847. The van der Waals surface area contributed by atoms with E-state index >= 15 is 0 Å². The fraction of sp³-hybridized carbons (Fsp3) is 0.833. The highest BCUT2D eigenvalue weighted by atomic mass is 127. The molecule has 0 N–H and O–H groups in total. The van der Waals surface area contributed by atoms with Crippen molar-refractivity contribution in [1.82, 2.24) is 0 Å². The summed E-state index contributed by atoms with van der Waals surface area (Å²) >= 11 is 2.08. The average Bonchev–Trinajstić information content (AvgIpc) is 1.87. The molecule has 0 aromatic carbocycles. The maximum atomic E-state index is 10.7. The molecule has 0 aliphatic rings. The Bertz CT molecular complexity index is 93.1. The molecule has 2 nitrogen and oxygen atoms in total. The van der Waals surface area contributed by atoms with Crippen molar-refractivity contribution in [3.8, 4) is 0 Å². The smallest absolute Gasteiger partial charge is 0.318 e. The van der Waals surface area contributed by atoms with Gasteiger partial charge in [0.1, 0.15) is 3.92 Å². The van der Waals surface area contributed by atoms with Crippen molar-refractivity contribution in [2.75, 3.05) is 6.61 Å². The second kappa shape index (κ2) is 5.02. The first-order valence-corrected chi connectivity index (χ1v) is 4.27. The zero-order chi connectivity index (χ0) is 7.28. The molecule has 0 amide bonds. The van der Waals surface area contributed by atoms with Crippen LogP contribution in [0, 0.1) is 0 Å². The molecule has 0 aromatic rings. The van der Waals surface area contributed by atoms with E-state index < -0.39 is 0 Å². The molecule has 0 radical (unpaired) electrons. The SMILES string of the molecule is CCOC(=O)[C@@H](I)CC. The number of rotatable bonds is 3. The van der Waals surface area contributed by atoms with E-state index in [-0.39, 0.29) is 9.89 Å². The topological polar surface area (TPSA) is 26.3 Å². The van der Waals surface area contributed by atoms with Crippen LogP contribution in [0.25, 0.3) is 0 Å². The molecule has 0 rings (SSSR count). The molecule has 9 heavy (non-hydrogen) atoms. The van der Waals surface area contributed by atoms with Crippen molar-refractivity contribution in [2.24, 2.45) is 0 Å². The van der Waals surface area contributed by atoms with Crippen LogP contribution in [0.1, 0.15) is 20.3 Å². The van der Waals surface area contributed by atoms with E-state index in [1.54, 1.807) is 0 Å². The van der Waals surface area contributed by atoms with Crippen molar-refractivity contribution < 1.29 is 9.53 Å². The monoisotopic (exact) mass is 242 g/mol. The molecule has 0 bridgehead atoms. The van der Waals surface area contributed by atoms with Gasteiger partial charge in [0.05, 0.1) is 6.61 Å². The standard InChI is InChI=1S/C6H11IO2/c1-3-5(7)6(8)9-4-2/h5H,3-4H2,1-2H3/t5-/m0/s1. The summed E-state index contributed by atoms with van der Waals surface area (Å²) < 4.78 is 4.78. The van der Waals surface area contributed by atoms with E-state index in [0.29, 0.717) is 6.61 Å². The number of carbonyl (C=O) groups excluding carboxylic acids is 1. The van der Waals surface area contributed by atoms with Crippen LogP contribution in [0.5, 0.6) is 0 Å². The molecule has 0 unspecified atom stereocenters. The third kappa shape index (κ3) is 3.72. The highest BCUT2D eigenvalue weighted by Crippen LogP contribution is 2.06.